The molecule has 0 aromatic heterocycles. The average molecular weight is 426 g/mol. The van der Waals surface area contributed by atoms with Gasteiger partial charge in [0, 0.05) is 11.4 Å². The van der Waals surface area contributed by atoms with Gasteiger partial charge in [-0.2, -0.15) is 0 Å². The van der Waals surface area contributed by atoms with Crippen molar-refractivity contribution in [2.45, 2.75) is 26.8 Å². The molecule has 162 valence electrons. The number of para-hydroxylation sites is 1. The summed E-state index contributed by atoms with van der Waals surface area (Å²) in [7, 11) is 0. The molecule has 0 saturated carbocycles. The third-order valence-electron chi connectivity index (χ3n) is 4.83. The second-order valence-corrected chi connectivity index (χ2v) is 6.88. The highest BCUT2D eigenvalue weighted by Gasteiger charge is 2.37. The number of carbonyl (C=O) groups is 2. The van der Waals surface area contributed by atoms with E-state index in [-0.39, 0.29) is 29.2 Å². The van der Waals surface area contributed by atoms with Crippen molar-refractivity contribution in [3.05, 3.63) is 68.9 Å². The molecule has 0 saturated heterocycles. The number of aryl methyl sites for hydroxylation is 1. The average Bonchev–Trinajstić information content (AvgIpc) is 2.70. The SMILES string of the molecule is CCOc1c(O)ccc([C@@H]2NC(=O)NC(C)=C2C(=O)Nc2ccccc2C)c1[N+](=O)[O-]. The zero-order valence-corrected chi connectivity index (χ0v) is 17.2. The molecule has 10 nitrogen and oxygen atoms in total. The van der Waals surface area contributed by atoms with Gasteiger partial charge in [-0.25, -0.2) is 4.79 Å². The first-order chi connectivity index (χ1) is 14.7. The highest BCUT2D eigenvalue weighted by Crippen LogP contribution is 2.43. The number of ether oxygens (including phenoxy) is 1. The normalized spacial score (nSPS) is 15.7. The lowest BCUT2D eigenvalue weighted by atomic mass is 9.93. The molecule has 1 heterocycles. The standard InChI is InChI=1S/C21H22N4O6/c1-4-31-19-15(26)10-9-13(18(19)25(29)30)17-16(12(3)22-21(28)24-17)20(27)23-14-8-6-5-7-11(14)2/h5-10,17,26H,4H2,1-3H3,(H,23,27)(H2,22,24,28)/t17-/m0/s1. The number of rotatable bonds is 6. The van der Waals surface area contributed by atoms with Gasteiger partial charge in [-0.05, 0) is 44.5 Å². The molecule has 10 heteroatoms. The fourth-order valence-corrected chi connectivity index (χ4v) is 3.41. The van der Waals surface area contributed by atoms with Gasteiger partial charge >= 0.3 is 11.7 Å². The van der Waals surface area contributed by atoms with Gasteiger partial charge in [0.15, 0.2) is 5.75 Å². The van der Waals surface area contributed by atoms with Crippen LogP contribution in [-0.2, 0) is 4.79 Å². The van der Waals surface area contributed by atoms with Crippen LogP contribution in [0.3, 0.4) is 0 Å². The van der Waals surface area contributed by atoms with Gasteiger partial charge in [-0.3, -0.25) is 14.9 Å². The summed E-state index contributed by atoms with van der Waals surface area (Å²) >= 11 is 0. The van der Waals surface area contributed by atoms with Gasteiger partial charge in [0.25, 0.3) is 5.91 Å². The second kappa shape index (κ2) is 8.74. The number of carbonyl (C=O) groups excluding carboxylic acids is 2. The third kappa shape index (κ3) is 4.27. The van der Waals surface area contributed by atoms with Crippen LogP contribution in [0.5, 0.6) is 11.5 Å². The van der Waals surface area contributed by atoms with E-state index >= 15 is 0 Å². The molecule has 3 rings (SSSR count). The number of anilines is 1. The number of nitrogens with one attached hydrogen (secondary N) is 3. The number of aromatic hydroxyl groups is 1. The van der Waals surface area contributed by atoms with Crippen LogP contribution in [0.15, 0.2) is 47.7 Å². The van der Waals surface area contributed by atoms with E-state index in [1.165, 1.54) is 19.1 Å². The summed E-state index contributed by atoms with van der Waals surface area (Å²) in [6, 6.07) is 7.91. The number of nitro groups is 1. The Balaban J connectivity index is 2.12. The third-order valence-corrected chi connectivity index (χ3v) is 4.83. The molecular formula is C21H22N4O6. The maximum absolute atomic E-state index is 13.2. The van der Waals surface area contributed by atoms with Gasteiger partial charge in [0.2, 0.25) is 5.75 Å². The van der Waals surface area contributed by atoms with Crippen molar-refractivity contribution in [1.29, 1.82) is 0 Å². The highest BCUT2D eigenvalue weighted by molar-refractivity contribution is 6.07. The van der Waals surface area contributed by atoms with Gasteiger partial charge in [-0.15, -0.1) is 0 Å². The number of benzene rings is 2. The lowest BCUT2D eigenvalue weighted by molar-refractivity contribution is -0.386. The maximum atomic E-state index is 13.2. The number of nitrogens with zero attached hydrogens (tertiary/aromatic N) is 1. The molecule has 0 bridgehead atoms. The van der Waals surface area contributed by atoms with Crippen LogP contribution in [-0.4, -0.2) is 28.6 Å². The van der Waals surface area contributed by atoms with Gasteiger partial charge in [0.05, 0.1) is 28.7 Å². The fraction of sp³-hybridized carbons (Fsp3) is 0.238. The number of amides is 3. The molecule has 1 aliphatic rings. The summed E-state index contributed by atoms with van der Waals surface area (Å²) in [6.45, 7) is 5.06. The Morgan fingerprint density at radius 1 is 1.26 bits per heavy atom. The molecule has 0 aliphatic carbocycles. The van der Waals surface area contributed by atoms with Crippen molar-refractivity contribution in [3.8, 4) is 11.5 Å². The fourth-order valence-electron chi connectivity index (χ4n) is 3.41. The molecule has 1 aliphatic heterocycles. The van der Waals surface area contributed by atoms with Crippen LogP contribution in [0, 0.1) is 17.0 Å². The molecule has 0 radical (unpaired) electrons. The molecule has 0 fully saturated rings. The lowest BCUT2D eigenvalue weighted by Crippen LogP contribution is -2.46. The zero-order chi connectivity index (χ0) is 22.7. The summed E-state index contributed by atoms with van der Waals surface area (Å²) in [5.74, 6) is -1.28. The Hall–Kier alpha value is -4.08. The number of hydrogen-bond acceptors (Lipinski definition) is 6. The van der Waals surface area contributed by atoms with E-state index in [9.17, 15) is 24.8 Å². The van der Waals surface area contributed by atoms with E-state index in [4.69, 9.17) is 4.74 Å². The van der Waals surface area contributed by atoms with E-state index in [0.717, 1.165) is 5.56 Å². The minimum atomic E-state index is -1.14. The maximum Gasteiger partial charge on any atom is 0.320 e. The van der Waals surface area contributed by atoms with Crippen LogP contribution in [0.4, 0.5) is 16.2 Å². The molecule has 4 N–H and O–H groups in total. The van der Waals surface area contributed by atoms with Crippen LogP contribution in [0.2, 0.25) is 0 Å². The number of phenolic OH excluding ortho intramolecular Hbond substituents is 1. The van der Waals surface area contributed by atoms with Crippen molar-refractivity contribution >= 4 is 23.3 Å². The van der Waals surface area contributed by atoms with Crippen LogP contribution in [0.25, 0.3) is 0 Å². The monoisotopic (exact) mass is 426 g/mol. The second-order valence-electron chi connectivity index (χ2n) is 6.88. The van der Waals surface area contributed by atoms with Crippen molar-refractivity contribution in [3.63, 3.8) is 0 Å². The number of allylic oxidation sites excluding steroid dienone is 1. The Bertz CT molecular complexity index is 1100. The predicted octanol–water partition coefficient (Wildman–Crippen LogP) is 3.27. The first-order valence-electron chi connectivity index (χ1n) is 9.52. The number of urea groups is 1. The molecule has 31 heavy (non-hydrogen) atoms. The van der Waals surface area contributed by atoms with E-state index in [1.54, 1.807) is 19.1 Å². The topological polar surface area (TPSA) is 143 Å². The molecule has 2 aromatic carbocycles. The smallest absolute Gasteiger partial charge is 0.320 e. The van der Waals surface area contributed by atoms with E-state index in [0.29, 0.717) is 5.69 Å². The van der Waals surface area contributed by atoms with Crippen molar-refractivity contribution < 1.29 is 24.4 Å². The number of nitro benzene ring substituents is 1. The molecule has 0 spiro atoms. The van der Waals surface area contributed by atoms with E-state index < -0.39 is 34.3 Å². The number of phenols is 1. The summed E-state index contributed by atoms with van der Waals surface area (Å²) in [4.78, 5) is 36.5. The van der Waals surface area contributed by atoms with Crippen LogP contribution >= 0.6 is 0 Å². The number of hydrogen-bond donors (Lipinski definition) is 4. The Labute approximate surface area is 178 Å². The zero-order valence-electron chi connectivity index (χ0n) is 17.2. The largest absolute Gasteiger partial charge is 0.504 e. The molecule has 0 unspecified atom stereocenters. The highest BCUT2D eigenvalue weighted by atomic mass is 16.6. The van der Waals surface area contributed by atoms with Crippen LogP contribution < -0.4 is 20.7 Å². The van der Waals surface area contributed by atoms with E-state index in [2.05, 4.69) is 16.0 Å². The van der Waals surface area contributed by atoms with Crippen LogP contribution in [0.1, 0.15) is 31.0 Å². The first-order valence-corrected chi connectivity index (χ1v) is 9.52. The van der Waals surface area contributed by atoms with Gasteiger partial charge in [-0.1, -0.05) is 18.2 Å². The summed E-state index contributed by atoms with van der Waals surface area (Å²) in [6.07, 6.45) is 0. The lowest BCUT2D eigenvalue weighted by Gasteiger charge is -2.29. The minimum absolute atomic E-state index is 0.00961. The Morgan fingerprint density at radius 3 is 2.61 bits per heavy atom. The molecular weight excluding hydrogens is 404 g/mol. The first kappa shape index (κ1) is 21.6. The quantitative estimate of drug-likeness (QED) is 0.412. The van der Waals surface area contributed by atoms with Crippen molar-refractivity contribution in [1.82, 2.24) is 10.6 Å². The molecule has 3 amide bonds. The molecule has 2 aromatic rings. The summed E-state index contributed by atoms with van der Waals surface area (Å²) < 4.78 is 5.28. The van der Waals surface area contributed by atoms with Crippen molar-refractivity contribution in [2.75, 3.05) is 11.9 Å². The van der Waals surface area contributed by atoms with Gasteiger partial charge in [0.1, 0.15) is 0 Å². The Kier molecular flexibility index (Phi) is 6.10. The predicted molar refractivity (Wildman–Crippen MR) is 113 cm³/mol. The van der Waals surface area contributed by atoms with Gasteiger partial charge < -0.3 is 25.8 Å². The molecule has 1 atom stereocenters. The Morgan fingerprint density at radius 2 is 1.97 bits per heavy atom. The summed E-state index contributed by atoms with van der Waals surface area (Å²) in [5, 5.41) is 29.8. The van der Waals surface area contributed by atoms with E-state index in [1.807, 2.05) is 19.1 Å². The summed E-state index contributed by atoms with van der Waals surface area (Å²) in [5.41, 5.74) is 1.23. The van der Waals surface area contributed by atoms with Crippen molar-refractivity contribution in [2.24, 2.45) is 0 Å². The minimum Gasteiger partial charge on any atom is -0.504 e.